The van der Waals surface area contributed by atoms with Crippen molar-refractivity contribution in [1.82, 2.24) is 4.90 Å². The maximum atomic E-state index is 12.4. The van der Waals surface area contributed by atoms with E-state index in [-0.39, 0.29) is 18.9 Å². The summed E-state index contributed by atoms with van der Waals surface area (Å²) in [5.41, 5.74) is 3.61. The molecule has 0 fully saturated rings. The first-order valence-electron chi connectivity index (χ1n) is 8.51. The summed E-state index contributed by atoms with van der Waals surface area (Å²) in [5, 5.41) is 0. The third kappa shape index (κ3) is 5.59. The van der Waals surface area contributed by atoms with Crippen LogP contribution in [-0.2, 0) is 21.4 Å². The first kappa shape index (κ1) is 20.0. The van der Waals surface area contributed by atoms with Gasteiger partial charge in [-0.05, 0) is 42.7 Å². The Balaban J connectivity index is 2.08. The van der Waals surface area contributed by atoms with Crippen LogP contribution in [0.3, 0.4) is 0 Å². The number of aryl methyl sites for hydroxylation is 2. The van der Waals surface area contributed by atoms with Crippen molar-refractivity contribution in [3.05, 3.63) is 65.2 Å². The van der Waals surface area contributed by atoms with E-state index in [9.17, 15) is 13.2 Å². The number of anilines is 1. The molecule has 0 unspecified atom stereocenters. The lowest BCUT2D eigenvalue weighted by molar-refractivity contribution is -0.130. The van der Waals surface area contributed by atoms with Gasteiger partial charge in [0.1, 0.15) is 0 Å². The van der Waals surface area contributed by atoms with Gasteiger partial charge in [-0.3, -0.25) is 9.10 Å². The van der Waals surface area contributed by atoms with Crippen molar-refractivity contribution < 1.29 is 13.2 Å². The molecule has 140 valence electrons. The lowest BCUT2D eigenvalue weighted by atomic mass is 10.1. The lowest BCUT2D eigenvalue weighted by Gasteiger charge is -2.24. The van der Waals surface area contributed by atoms with Crippen LogP contribution in [0.4, 0.5) is 5.69 Å². The van der Waals surface area contributed by atoms with Gasteiger partial charge in [0.25, 0.3) is 0 Å². The quantitative estimate of drug-likeness (QED) is 0.748. The highest BCUT2D eigenvalue weighted by atomic mass is 32.2. The Kier molecular flexibility index (Phi) is 6.42. The molecule has 0 aromatic heterocycles. The molecule has 2 aromatic carbocycles. The molecule has 0 atom stereocenters. The molecule has 0 bridgehead atoms. The molecule has 1 amide bonds. The maximum absolute atomic E-state index is 12.4. The zero-order chi connectivity index (χ0) is 19.3. The first-order chi connectivity index (χ1) is 12.2. The highest BCUT2D eigenvalue weighted by Crippen LogP contribution is 2.21. The van der Waals surface area contributed by atoms with Gasteiger partial charge < -0.3 is 4.90 Å². The Bertz CT molecular complexity index is 844. The van der Waals surface area contributed by atoms with Gasteiger partial charge >= 0.3 is 0 Å². The van der Waals surface area contributed by atoms with E-state index >= 15 is 0 Å². The minimum atomic E-state index is -3.47. The lowest BCUT2D eigenvalue weighted by Crippen LogP contribution is -2.35. The fourth-order valence-electron chi connectivity index (χ4n) is 2.91. The number of sulfonamides is 1. The molecule has 0 spiro atoms. The number of nitrogens with zero attached hydrogens (tertiary/aromatic N) is 2. The van der Waals surface area contributed by atoms with E-state index in [0.29, 0.717) is 12.2 Å². The highest BCUT2D eigenvalue weighted by Gasteiger charge is 2.20. The van der Waals surface area contributed by atoms with Crippen molar-refractivity contribution in [2.45, 2.75) is 26.8 Å². The molecule has 0 N–H and O–H groups in total. The Morgan fingerprint density at radius 3 is 2.12 bits per heavy atom. The number of carbonyl (C=O) groups excluding carboxylic acids is 1. The van der Waals surface area contributed by atoms with Crippen molar-refractivity contribution in [2.75, 3.05) is 24.2 Å². The second kappa shape index (κ2) is 8.36. The van der Waals surface area contributed by atoms with E-state index in [2.05, 4.69) is 0 Å². The predicted molar refractivity (Wildman–Crippen MR) is 106 cm³/mol. The standard InChI is InChI=1S/C20H26N2O3S/c1-16-12-17(2)14-19(13-16)22(26(4,24)25)11-10-20(23)21(3)15-18-8-6-5-7-9-18/h5-9,12-14H,10-11,15H2,1-4H3. The molecule has 0 aliphatic carbocycles. The van der Waals surface area contributed by atoms with Crippen LogP contribution >= 0.6 is 0 Å². The molecule has 0 radical (unpaired) electrons. The molecule has 26 heavy (non-hydrogen) atoms. The summed E-state index contributed by atoms with van der Waals surface area (Å²) < 4.78 is 25.8. The SMILES string of the molecule is Cc1cc(C)cc(N(CCC(=O)N(C)Cc2ccccc2)S(C)(=O)=O)c1. The Labute approximate surface area is 156 Å². The van der Waals surface area contributed by atoms with E-state index < -0.39 is 10.0 Å². The molecule has 2 rings (SSSR count). The summed E-state index contributed by atoms with van der Waals surface area (Å²) >= 11 is 0. The number of rotatable bonds is 7. The van der Waals surface area contributed by atoms with Gasteiger partial charge in [-0.25, -0.2) is 8.42 Å². The first-order valence-corrected chi connectivity index (χ1v) is 10.4. The maximum Gasteiger partial charge on any atom is 0.232 e. The van der Waals surface area contributed by atoms with Crippen molar-refractivity contribution in [3.8, 4) is 0 Å². The topological polar surface area (TPSA) is 57.7 Å². The average Bonchev–Trinajstić information content (AvgIpc) is 2.53. The van der Waals surface area contributed by atoms with Crippen molar-refractivity contribution in [1.29, 1.82) is 0 Å². The van der Waals surface area contributed by atoms with E-state index in [1.165, 1.54) is 10.6 Å². The van der Waals surface area contributed by atoms with Gasteiger partial charge in [-0.1, -0.05) is 36.4 Å². The van der Waals surface area contributed by atoms with Crippen LogP contribution in [-0.4, -0.2) is 39.1 Å². The van der Waals surface area contributed by atoms with E-state index in [1.807, 2.05) is 62.4 Å². The van der Waals surface area contributed by atoms with Gasteiger partial charge in [-0.2, -0.15) is 0 Å². The fourth-order valence-corrected chi connectivity index (χ4v) is 3.83. The minimum absolute atomic E-state index is 0.0909. The third-order valence-corrected chi connectivity index (χ3v) is 5.31. The summed E-state index contributed by atoms with van der Waals surface area (Å²) in [5.74, 6) is -0.0909. The molecular formula is C20H26N2O3S. The van der Waals surface area contributed by atoms with Crippen LogP contribution in [0, 0.1) is 13.8 Å². The number of carbonyl (C=O) groups is 1. The van der Waals surface area contributed by atoms with Crippen LogP contribution in [0.1, 0.15) is 23.1 Å². The summed E-state index contributed by atoms with van der Waals surface area (Å²) in [6.07, 6.45) is 1.30. The number of hydrogen-bond acceptors (Lipinski definition) is 3. The average molecular weight is 375 g/mol. The monoisotopic (exact) mass is 374 g/mol. The van der Waals surface area contributed by atoms with Gasteiger partial charge in [0, 0.05) is 26.6 Å². The van der Waals surface area contributed by atoms with Gasteiger partial charge in [0.05, 0.1) is 11.9 Å². The molecule has 0 saturated carbocycles. The van der Waals surface area contributed by atoms with Gasteiger partial charge in [0.2, 0.25) is 15.9 Å². The molecule has 6 heteroatoms. The predicted octanol–water partition coefficient (Wildman–Crippen LogP) is 3.12. The Hall–Kier alpha value is -2.34. The summed E-state index contributed by atoms with van der Waals surface area (Å²) in [7, 11) is -1.74. The van der Waals surface area contributed by atoms with Crippen molar-refractivity contribution in [2.24, 2.45) is 0 Å². The summed E-state index contributed by atoms with van der Waals surface area (Å²) in [4.78, 5) is 14.1. The smallest absolute Gasteiger partial charge is 0.232 e. The Morgan fingerprint density at radius 1 is 1.00 bits per heavy atom. The normalized spacial score (nSPS) is 11.2. The molecule has 0 saturated heterocycles. The van der Waals surface area contributed by atoms with E-state index in [1.54, 1.807) is 11.9 Å². The third-order valence-electron chi connectivity index (χ3n) is 4.11. The summed E-state index contributed by atoms with van der Waals surface area (Å²) in [6, 6.07) is 15.3. The van der Waals surface area contributed by atoms with Crippen LogP contribution < -0.4 is 4.31 Å². The molecule has 5 nitrogen and oxygen atoms in total. The molecular weight excluding hydrogens is 348 g/mol. The summed E-state index contributed by atoms with van der Waals surface area (Å²) in [6.45, 7) is 4.48. The minimum Gasteiger partial charge on any atom is -0.341 e. The zero-order valence-corrected chi connectivity index (χ0v) is 16.6. The van der Waals surface area contributed by atoms with Gasteiger partial charge in [-0.15, -0.1) is 0 Å². The molecule has 0 aliphatic rings. The van der Waals surface area contributed by atoms with Crippen LogP contribution in [0.25, 0.3) is 0 Å². The van der Waals surface area contributed by atoms with Gasteiger partial charge in [0.15, 0.2) is 0 Å². The van der Waals surface area contributed by atoms with E-state index in [0.717, 1.165) is 16.7 Å². The molecule has 0 heterocycles. The van der Waals surface area contributed by atoms with Crippen molar-refractivity contribution in [3.63, 3.8) is 0 Å². The van der Waals surface area contributed by atoms with Crippen LogP contribution in [0.2, 0.25) is 0 Å². The number of hydrogen-bond donors (Lipinski definition) is 0. The number of benzene rings is 2. The molecule has 0 aliphatic heterocycles. The second-order valence-electron chi connectivity index (χ2n) is 6.67. The van der Waals surface area contributed by atoms with Crippen LogP contribution in [0.5, 0.6) is 0 Å². The largest absolute Gasteiger partial charge is 0.341 e. The number of amides is 1. The van der Waals surface area contributed by atoms with Crippen molar-refractivity contribution >= 4 is 21.6 Å². The highest BCUT2D eigenvalue weighted by molar-refractivity contribution is 7.92. The van der Waals surface area contributed by atoms with E-state index in [4.69, 9.17) is 0 Å². The Morgan fingerprint density at radius 2 is 1.58 bits per heavy atom. The fraction of sp³-hybridized carbons (Fsp3) is 0.350. The van der Waals surface area contributed by atoms with Crippen LogP contribution in [0.15, 0.2) is 48.5 Å². The zero-order valence-electron chi connectivity index (χ0n) is 15.8. The second-order valence-corrected chi connectivity index (χ2v) is 8.57. The molecule has 2 aromatic rings.